The molecule has 1 N–H and O–H groups in total. The van der Waals surface area contributed by atoms with Crippen LogP contribution in [0, 0.1) is 0 Å². The first-order chi connectivity index (χ1) is 16.7. The van der Waals surface area contributed by atoms with Crippen molar-refractivity contribution in [2.24, 2.45) is 5.10 Å². The van der Waals surface area contributed by atoms with E-state index in [4.69, 9.17) is 9.84 Å². The van der Waals surface area contributed by atoms with Crippen LogP contribution in [-0.4, -0.2) is 27.0 Å². The maximum Gasteiger partial charge on any atom is 0.335 e. The van der Waals surface area contributed by atoms with Gasteiger partial charge in [0, 0.05) is 10.4 Å². The van der Waals surface area contributed by atoms with Crippen molar-refractivity contribution in [1.82, 2.24) is 9.66 Å². The largest absolute Gasteiger partial charge is 0.488 e. The molecule has 1 aromatic heterocycles. The zero-order valence-corrected chi connectivity index (χ0v) is 22.1. The summed E-state index contributed by atoms with van der Waals surface area (Å²) < 4.78 is 8.69. The van der Waals surface area contributed by atoms with Crippen LogP contribution in [0.4, 0.5) is 0 Å². The second kappa shape index (κ2) is 10.5. The van der Waals surface area contributed by atoms with Crippen LogP contribution >= 0.6 is 31.9 Å². The monoisotopic (exact) mass is 597 g/mol. The molecule has 0 spiro atoms. The standard InChI is InChI=1S/C26H21Br2N3O4/c1-15(2)24-30-22-8-7-19(27)12-20(22)25(32)31(24)29-13-16-6-9-23(21(28)11-16)35-14-17-4-3-5-18(10-17)26(33)34/h3-13,15H,14H2,1-2H3,(H,33,34). The molecule has 0 amide bonds. The van der Waals surface area contributed by atoms with Crippen molar-refractivity contribution in [1.29, 1.82) is 0 Å². The molecule has 0 saturated carbocycles. The lowest BCUT2D eigenvalue weighted by Crippen LogP contribution is -2.23. The Morgan fingerprint density at radius 3 is 2.66 bits per heavy atom. The maximum atomic E-state index is 13.2. The Balaban J connectivity index is 1.58. The molecule has 0 saturated heterocycles. The summed E-state index contributed by atoms with van der Waals surface area (Å²) in [6.07, 6.45) is 1.60. The van der Waals surface area contributed by atoms with Gasteiger partial charge < -0.3 is 9.84 Å². The van der Waals surface area contributed by atoms with Gasteiger partial charge in [0.15, 0.2) is 0 Å². The Hall–Kier alpha value is -3.30. The molecule has 35 heavy (non-hydrogen) atoms. The molecule has 0 fully saturated rings. The van der Waals surface area contributed by atoms with E-state index in [-0.39, 0.29) is 23.6 Å². The number of ether oxygens (including phenoxy) is 1. The van der Waals surface area contributed by atoms with Gasteiger partial charge in [-0.05, 0) is 75.6 Å². The van der Waals surface area contributed by atoms with E-state index >= 15 is 0 Å². The zero-order chi connectivity index (χ0) is 25.1. The number of aromatic nitrogens is 2. The predicted molar refractivity (Wildman–Crippen MR) is 143 cm³/mol. The van der Waals surface area contributed by atoms with Crippen LogP contribution in [0.2, 0.25) is 0 Å². The molecule has 9 heteroatoms. The molecule has 0 radical (unpaired) electrons. The van der Waals surface area contributed by atoms with Crippen molar-refractivity contribution in [2.75, 3.05) is 0 Å². The minimum atomic E-state index is -0.981. The molecule has 4 aromatic rings. The summed E-state index contributed by atoms with van der Waals surface area (Å²) in [5, 5.41) is 14.1. The highest BCUT2D eigenvalue weighted by molar-refractivity contribution is 9.10. The molecule has 4 rings (SSSR count). The zero-order valence-electron chi connectivity index (χ0n) is 18.9. The average molecular weight is 599 g/mol. The van der Waals surface area contributed by atoms with E-state index < -0.39 is 5.97 Å². The van der Waals surface area contributed by atoms with E-state index in [1.807, 2.05) is 44.2 Å². The number of carboxylic acid groups (broad SMARTS) is 1. The fraction of sp³-hybridized carbons (Fsp3) is 0.154. The molecule has 1 heterocycles. The Kier molecular flexibility index (Phi) is 7.47. The van der Waals surface area contributed by atoms with E-state index in [1.54, 1.807) is 30.5 Å². The van der Waals surface area contributed by atoms with Crippen LogP contribution < -0.4 is 10.3 Å². The molecule has 0 aliphatic carbocycles. The number of aromatic carboxylic acids is 1. The Bertz CT molecular complexity index is 1510. The highest BCUT2D eigenvalue weighted by Gasteiger charge is 2.14. The molecule has 7 nitrogen and oxygen atoms in total. The van der Waals surface area contributed by atoms with E-state index in [9.17, 15) is 9.59 Å². The molecule has 0 atom stereocenters. The number of fused-ring (bicyclic) bond motifs is 1. The Labute approximate surface area is 218 Å². The second-order valence-corrected chi connectivity index (χ2v) is 9.90. The van der Waals surface area contributed by atoms with Gasteiger partial charge in [-0.1, -0.05) is 41.9 Å². The molecule has 0 aliphatic heterocycles. The molecule has 0 bridgehead atoms. The highest BCUT2D eigenvalue weighted by atomic mass is 79.9. The van der Waals surface area contributed by atoms with E-state index in [0.717, 1.165) is 15.6 Å². The quantitative estimate of drug-likeness (QED) is 0.255. The number of halogens is 2. The van der Waals surface area contributed by atoms with Crippen LogP contribution in [0.3, 0.4) is 0 Å². The number of carboxylic acids is 1. The SMILES string of the molecule is CC(C)c1nc2ccc(Br)cc2c(=O)n1N=Cc1ccc(OCc2cccc(C(=O)O)c2)c(Br)c1. The molecular formula is C26H21Br2N3O4. The molecule has 0 unspecified atom stereocenters. The van der Waals surface area contributed by atoms with Crippen LogP contribution in [-0.2, 0) is 6.61 Å². The van der Waals surface area contributed by atoms with Gasteiger partial charge >= 0.3 is 5.97 Å². The van der Waals surface area contributed by atoms with Gasteiger partial charge in [0.2, 0.25) is 0 Å². The minimum absolute atomic E-state index is 0.00459. The number of carbonyl (C=O) groups is 1. The first-order valence-corrected chi connectivity index (χ1v) is 12.3. The predicted octanol–water partition coefficient (Wildman–Crippen LogP) is 6.20. The smallest absolute Gasteiger partial charge is 0.335 e. The van der Waals surface area contributed by atoms with Crippen LogP contribution in [0.25, 0.3) is 10.9 Å². The first kappa shape index (κ1) is 24.8. The normalized spacial score (nSPS) is 11.5. The average Bonchev–Trinajstić information content (AvgIpc) is 2.83. The Morgan fingerprint density at radius 1 is 1.14 bits per heavy atom. The van der Waals surface area contributed by atoms with Crippen molar-refractivity contribution in [3.63, 3.8) is 0 Å². The van der Waals surface area contributed by atoms with Gasteiger partial charge in [0.05, 0.1) is 27.2 Å². The number of benzene rings is 3. The van der Waals surface area contributed by atoms with Crippen molar-refractivity contribution in [3.05, 3.63) is 102 Å². The van der Waals surface area contributed by atoms with Crippen LogP contribution in [0.5, 0.6) is 5.75 Å². The fourth-order valence-electron chi connectivity index (χ4n) is 3.45. The van der Waals surface area contributed by atoms with Crippen LogP contribution in [0.1, 0.15) is 47.1 Å². The third-order valence-corrected chi connectivity index (χ3v) is 6.31. The summed E-state index contributed by atoms with van der Waals surface area (Å²) in [6.45, 7) is 4.15. The number of nitrogens with zero attached hydrogens (tertiary/aromatic N) is 3. The maximum absolute atomic E-state index is 13.2. The molecule has 178 valence electrons. The summed E-state index contributed by atoms with van der Waals surface area (Å²) in [6, 6.07) is 17.5. The van der Waals surface area contributed by atoms with Crippen LogP contribution in [0.15, 0.2) is 79.5 Å². The summed E-state index contributed by atoms with van der Waals surface area (Å²) in [7, 11) is 0. The van der Waals surface area contributed by atoms with E-state index in [1.165, 1.54) is 10.7 Å². The topological polar surface area (TPSA) is 93.8 Å². The Morgan fingerprint density at radius 2 is 1.94 bits per heavy atom. The lowest BCUT2D eigenvalue weighted by Gasteiger charge is -2.12. The molecule has 0 aliphatic rings. The lowest BCUT2D eigenvalue weighted by molar-refractivity contribution is 0.0696. The number of hydrogen-bond donors (Lipinski definition) is 1. The number of hydrogen-bond acceptors (Lipinski definition) is 5. The van der Waals surface area contributed by atoms with Crippen molar-refractivity contribution < 1.29 is 14.6 Å². The first-order valence-electron chi connectivity index (χ1n) is 10.7. The van der Waals surface area contributed by atoms with Gasteiger partial charge in [-0.25, -0.2) is 9.78 Å². The third kappa shape index (κ3) is 5.68. The van der Waals surface area contributed by atoms with E-state index in [2.05, 4.69) is 41.9 Å². The van der Waals surface area contributed by atoms with Crippen molar-refractivity contribution in [3.8, 4) is 5.75 Å². The fourth-order valence-corrected chi connectivity index (χ4v) is 4.32. The molecule has 3 aromatic carbocycles. The number of rotatable bonds is 7. The minimum Gasteiger partial charge on any atom is -0.488 e. The van der Waals surface area contributed by atoms with Gasteiger partial charge in [0.1, 0.15) is 18.2 Å². The highest BCUT2D eigenvalue weighted by Crippen LogP contribution is 2.27. The summed E-state index contributed by atoms with van der Waals surface area (Å²) in [5.41, 5.74) is 2.11. The van der Waals surface area contributed by atoms with Gasteiger partial charge in [-0.2, -0.15) is 9.78 Å². The van der Waals surface area contributed by atoms with Gasteiger partial charge in [-0.3, -0.25) is 4.79 Å². The van der Waals surface area contributed by atoms with E-state index in [0.29, 0.717) is 26.9 Å². The lowest BCUT2D eigenvalue weighted by atomic mass is 10.1. The van der Waals surface area contributed by atoms with Crippen molar-refractivity contribution in [2.45, 2.75) is 26.4 Å². The third-order valence-electron chi connectivity index (χ3n) is 5.20. The summed E-state index contributed by atoms with van der Waals surface area (Å²) in [4.78, 5) is 29.0. The summed E-state index contributed by atoms with van der Waals surface area (Å²) in [5.74, 6) is 0.185. The van der Waals surface area contributed by atoms with Crippen molar-refractivity contribution >= 4 is 54.9 Å². The molecular weight excluding hydrogens is 578 g/mol. The second-order valence-electron chi connectivity index (χ2n) is 8.13. The summed E-state index contributed by atoms with van der Waals surface area (Å²) >= 11 is 6.92. The van der Waals surface area contributed by atoms with Gasteiger partial charge in [-0.15, -0.1) is 0 Å². The van der Waals surface area contributed by atoms with Gasteiger partial charge in [0.25, 0.3) is 5.56 Å².